The largest absolute Gasteiger partial charge is 0.348 e. The van der Waals surface area contributed by atoms with Crippen LogP contribution in [0, 0.1) is 16.0 Å². The highest BCUT2D eigenvalue weighted by atomic mass is 35.5. The Hall–Kier alpha value is -1.86. The summed E-state index contributed by atoms with van der Waals surface area (Å²) in [5.74, 6) is 1.39. The molecule has 2 aliphatic heterocycles. The van der Waals surface area contributed by atoms with Crippen molar-refractivity contribution in [3.63, 3.8) is 0 Å². The smallest absolute Gasteiger partial charge is 0.300 e. The van der Waals surface area contributed by atoms with Gasteiger partial charge in [-0.15, -0.1) is 0 Å². The van der Waals surface area contributed by atoms with Gasteiger partial charge >= 0.3 is 0 Å². The molecule has 4 rings (SSSR count). The number of hydrogen-bond acceptors (Lipinski definition) is 6. The van der Waals surface area contributed by atoms with Crippen LogP contribution in [0.15, 0.2) is 29.8 Å². The normalized spacial score (nSPS) is 26.1. The third-order valence-electron chi connectivity index (χ3n) is 5.86. The van der Waals surface area contributed by atoms with E-state index in [9.17, 15) is 10.1 Å². The lowest BCUT2D eigenvalue weighted by Crippen LogP contribution is -2.58. The number of rotatable bonds is 4. The molecule has 1 aromatic rings. The van der Waals surface area contributed by atoms with E-state index >= 15 is 0 Å². The van der Waals surface area contributed by atoms with Crippen LogP contribution in [-0.4, -0.2) is 57.0 Å². The number of nitro groups is 1. The van der Waals surface area contributed by atoms with Crippen LogP contribution in [0.1, 0.15) is 31.7 Å². The van der Waals surface area contributed by atoms with Crippen molar-refractivity contribution in [1.82, 2.24) is 19.7 Å². The van der Waals surface area contributed by atoms with Gasteiger partial charge in [0.1, 0.15) is 5.15 Å². The van der Waals surface area contributed by atoms with Crippen LogP contribution in [0.5, 0.6) is 0 Å². The van der Waals surface area contributed by atoms with Crippen molar-refractivity contribution >= 4 is 11.6 Å². The minimum Gasteiger partial charge on any atom is -0.348 e. The molecule has 26 heavy (non-hydrogen) atoms. The zero-order valence-corrected chi connectivity index (χ0v) is 15.7. The summed E-state index contributed by atoms with van der Waals surface area (Å²) in [7, 11) is 0. The quantitative estimate of drug-likeness (QED) is 0.456. The zero-order valence-electron chi connectivity index (χ0n) is 15.0. The van der Waals surface area contributed by atoms with Crippen molar-refractivity contribution in [3.8, 4) is 0 Å². The molecule has 0 amide bonds. The summed E-state index contributed by atoms with van der Waals surface area (Å²) in [6.45, 7) is 5.57. The van der Waals surface area contributed by atoms with Crippen molar-refractivity contribution in [1.29, 1.82) is 0 Å². The van der Waals surface area contributed by atoms with Gasteiger partial charge in [0.15, 0.2) is 5.82 Å². The van der Waals surface area contributed by atoms with Gasteiger partial charge in [-0.05, 0) is 36.9 Å². The number of likely N-dealkylation sites (N-methyl/N-ethyl adjacent to an activating group) is 1. The molecule has 2 fully saturated rings. The van der Waals surface area contributed by atoms with Gasteiger partial charge in [0.25, 0.3) is 5.70 Å². The topological polar surface area (TPSA) is 65.8 Å². The molecular weight excluding hydrogens is 354 g/mol. The second kappa shape index (κ2) is 7.04. The van der Waals surface area contributed by atoms with Gasteiger partial charge in [0.05, 0.1) is 18.1 Å². The second-order valence-electron chi connectivity index (χ2n) is 7.41. The molecule has 140 valence electrons. The first-order valence-corrected chi connectivity index (χ1v) is 9.66. The van der Waals surface area contributed by atoms with Crippen molar-refractivity contribution < 1.29 is 4.92 Å². The van der Waals surface area contributed by atoms with Crippen LogP contribution in [-0.2, 0) is 6.54 Å². The van der Waals surface area contributed by atoms with Crippen molar-refractivity contribution in [2.24, 2.45) is 5.92 Å². The average Bonchev–Trinajstić information content (AvgIpc) is 3.11. The molecule has 0 spiro atoms. The molecule has 0 bridgehead atoms. The molecule has 1 saturated carbocycles. The summed E-state index contributed by atoms with van der Waals surface area (Å²) in [5, 5.41) is 12.3. The first-order valence-electron chi connectivity index (χ1n) is 9.28. The Labute approximate surface area is 158 Å². The predicted octanol–water partition coefficient (Wildman–Crippen LogP) is 2.76. The SMILES string of the molecule is CCN1CC([N+](=O)[O-])=C2N(Cc3ccc(Cl)nc3)C[C@H]3CCC[C@H]3N2C1. The maximum Gasteiger partial charge on any atom is 0.300 e. The maximum absolute atomic E-state index is 11.8. The monoisotopic (exact) mass is 377 g/mol. The van der Waals surface area contributed by atoms with E-state index in [2.05, 4.69) is 26.6 Å². The number of halogens is 1. The Morgan fingerprint density at radius 3 is 2.92 bits per heavy atom. The minimum atomic E-state index is -0.188. The summed E-state index contributed by atoms with van der Waals surface area (Å²) in [5.41, 5.74) is 1.35. The van der Waals surface area contributed by atoms with E-state index < -0.39 is 0 Å². The van der Waals surface area contributed by atoms with Crippen LogP contribution in [0.3, 0.4) is 0 Å². The third kappa shape index (κ3) is 3.14. The molecule has 7 nitrogen and oxygen atoms in total. The molecule has 0 aromatic carbocycles. The van der Waals surface area contributed by atoms with Crippen LogP contribution in [0.4, 0.5) is 0 Å². The van der Waals surface area contributed by atoms with Crippen molar-refractivity contribution in [2.75, 3.05) is 26.3 Å². The number of pyridine rings is 1. The van der Waals surface area contributed by atoms with Crippen LogP contribution in [0.25, 0.3) is 0 Å². The fourth-order valence-corrected chi connectivity index (χ4v) is 4.74. The highest BCUT2D eigenvalue weighted by Gasteiger charge is 2.46. The lowest BCUT2D eigenvalue weighted by Gasteiger charge is -2.50. The summed E-state index contributed by atoms with van der Waals surface area (Å²) in [6, 6.07) is 4.15. The molecule has 2 atom stereocenters. The molecule has 0 unspecified atom stereocenters. The van der Waals surface area contributed by atoms with Crippen molar-refractivity contribution in [2.45, 2.75) is 38.8 Å². The summed E-state index contributed by atoms with van der Waals surface area (Å²) in [4.78, 5) is 22.5. The van der Waals surface area contributed by atoms with Gasteiger partial charge < -0.3 is 9.80 Å². The van der Waals surface area contributed by atoms with Crippen molar-refractivity contribution in [3.05, 3.63) is 50.7 Å². The van der Waals surface area contributed by atoms with Crippen LogP contribution >= 0.6 is 11.6 Å². The average molecular weight is 378 g/mol. The Kier molecular flexibility index (Phi) is 4.75. The second-order valence-corrected chi connectivity index (χ2v) is 7.80. The molecule has 0 N–H and O–H groups in total. The third-order valence-corrected chi connectivity index (χ3v) is 6.08. The molecule has 1 aliphatic carbocycles. The van der Waals surface area contributed by atoms with E-state index in [0.717, 1.165) is 37.6 Å². The lowest BCUT2D eigenvalue weighted by molar-refractivity contribution is -0.434. The van der Waals surface area contributed by atoms with Gasteiger partial charge in [-0.3, -0.25) is 15.0 Å². The fourth-order valence-electron chi connectivity index (χ4n) is 4.63. The minimum absolute atomic E-state index is 0.188. The van der Waals surface area contributed by atoms with Gasteiger partial charge in [-0.1, -0.05) is 31.0 Å². The Balaban J connectivity index is 1.71. The first kappa shape index (κ1) is 17.5. The van der Waals surface area contributed by atoms with Crippen LogP contribution in [0.2, 0.25) is 5.15 Å². The molecule has 8 heteroatoms. The van der Waals surface area contributed by atoms with Gasteiger partial charge in [0, 0.05) is 25.3 Å². The van der Waals surface area contributed by atoms with E-state index in [0.29, 0.717) is 35.9 Å². The first-order chi connectivity index (χ1) is 12.6. The number of nitrogens with zero attached hydrogens (tertiary/aromatic N) is 5. The number of aromatic nitrogens is 1. The number of hydrogen-bond donors (Lipinski definition) is 0. The van der Waals surface area contributed by atoms with Gasteiger partial charge in [-0.2, -0.15) is 0 Å². The zero-order chi connectivity index (χ0) is 18.3. The highest BCUT2D eigenvalue weighted by molar-refractivity contribution is 6.29. The summed E-state index contributed by atoms with van der Waals surface area (Å²) in [6.07, 6.45) is 5.30. The Morgan fingerprint density at radius 2 is 2.23 bits per heavy atom. The Bertz CT molecular complexity index is 723. The molecule has 1 saturated heterocycles. The lowest BCUT2D eigenvalue weighted by atomic mass is 9.96. The van der Waals surface area contributed by atoms with Gasteiger partial charge in [0.2, 0.25) is 0 Å². The van der Waals surface area contributed by atoms with E-state index in [-0.39, 0.29) is 4.92 Å². The van der Waals surface area contributed by atoms with E-state index in [1.165, 1.54) is 12.8 Å². The molecule has 3 aliphatic rings. The highest BCUT2D eigenvalue weighted by Crippen LogP contribution is 2.41. The number of fused-ring (bicyclic) bond motifs is 3. The molecule has 0 radical (unpaired) electrons. The van der Waals surface area contributed by atoms with Crippen LogP contribution < -0.4 is 0 Å². The maximum atomic E-state index is 11.8. The van der Waals surface area contributed by atoms with Gasteiger partial charge in [-0.25, -0.2) is 4.98 Å². The van der Waals surface area contributed by atoms with E-state index in [1.807, 2.05) is 6.07 Å². The summed E-state index contributed by atoms with van der Waals surface area (Å²) < 4.78 is 0. The molecule has 3 heterocycles. The van der Waals surface area contributed by atoms with E-state index in [4.69, 9.17) is 11.6 Å². The van der Waals surface area contributed by atoms with E-state index in [1.54, 1.807) is 12.3 Å². The fraction of sp³-hybridized carbons (Fsp3) is 0.611. The standard InChI is InChI=1S/C18H24ClN5O2/c1-2-21-11-16(24(25)26)18-22(9-13-6-7-17(19)20-8-13)10-14-4-3-5-15(14)23(18)12-21/h6-8,14-15H,2-5,9-12H2,1H3/t14-,15-/m1/s1. The molecular formula is C18H24ClN5O2. The summed E-state index contributed by atoms with van der Waals surface area (Å²) >= 11 is 5.90. The molecule has 1 aromatic heterocycles. The Morgan fingerprint density at radius 1 is 1.38 bits per heavy atom. The predicted molar refractivity (Wildman–Crippen MR) is 98.8 cm³/mol.